The summed E-state index contributed by atoms with van der Waals surface area (Å²) in [6.45, 7) is 4.03. The van der Waals surface area contributed by atoms with E-state index in [1.165, 1.54) is 12.5 Å². The first-order valence-electron chi connectivity index (χ1n) is 11.8. The van der Waals surface area contributed by atoms with Crippen LogP contribution >= 0.6 is 0 Å². The number of carboxylic acid groups (broad SMARTS) is 2. The first-order chi connectivity index (χ1) is 17.0. The zero-order valence-electron chi connectivity index (χ0n) is 20.5. The second-order valence-corrected chi connectivity index (χ2v) is 8.60. The predicted octanol–water partition coefficient (Wildman–Crippen LogP) is -1.53. The van der Waals surface area contributed by atoms with Crippen LogP contribution in [0.4, 0.5) is 0 Å². The minimum absolute atomic E-state index is 0.139. The van der Waals surface area contributed by atoms with Gasteiger partial charge < -0.3 is 42.6 Å². The summed E-state index contributed by atoms with van der Waals surface area (Å²) in [5.41, 5.74) is 11.9. The molecule has 0 radical (unpaired) electrons. The molecule has 1 rings (SSSR count). The van der Waals surface area contributed by atoms with Crippen molar-refractivity contribution < 1.29 is 34.2 Å². The van der Waals surface area contributed by atoms with Gasteiger partial charge in [-0.3, -0.25) is 19.2 Å². The summed E-state index contributed by atoms with van der Waals surface area (Å²) in [4.78, 5) is 67.9. The number of nitrogens with one attached hydrogen (secondary N) is 4. The third-order valence-corrected chi connectivity index (χ3v) is 5.74. The van der Waals surface area contributed by atoms with Crippen LogP contribution in [0.25, 0.3) is 0 Å². The van der Waals surface area contributed by atoms with Gasteiger partial charge in [-0.25, -0.2) is 9.78 Å². The van der Waals surface area contributed by atoms with Crippen LogP contribution in [-0.4, -0.2) is 80.6 Å². The van der Waals surface area contributed by atoms with Crippen molar-refractivity contribution in [2.45, 2.75) is 76.5 Å². The summed E-state index contributed by atoms with van der Waals surface area (Å²) in [6, 6.07) is -4.95. The Labute approximate surface area is 209 Å². The lowest BCUT2D eigenvalue weighted by molar-refractivity contribution is -0.143. The van der Waals surface area contributed by atoms with Crippen LogP contribution < -0.4 is 27.4 Å². The first-order valence-corrected chi connectivity index (χ1v) is 11.8. The number of aliphatic carboxylic acids is 2. The molecule has 0 aliphatic carbocycles. The van der Waals surface area contributed by atoms with Crippen LogP contribution in [0.3, 0.4) is 0 Å². The molecule has 0 aromatic carbocycles. The molecule has 36 heavy (non-hydrogen) atoms. The Morgan fingerprint density at radius 1 is 1.00 bits per heavy atom. The molecule has 0 bridgehead atoms. The van der Waals surface area contributed by atoms with E-state index in [1.807, 2.05) is 6.92 Å². The van der Waals surface area contributed by atoms with Crippen molar-refractivity contribution in [3.8, 4) is 0 Å². The van der Waals surface area contributed by atoms with Crippen molar-refractivity contribution in [2.75, 3.05) is 6.54 Å². The molecular weight excluding hydrogens is 474 g/mol. The number of carboxylic acids is 2. The number of aromatic nitrogens is 2. The van der Waals surface area contributed by atoms with Crippen LogP contribution in [0.15, 0.2) is 12.5 Å². The minimum Gasteiger partial charge on any atom is -0.481 e. The molecule has 1 heterocycles. The molecule has 0 spiro atoms. The van der Waals surface area contributed by atoms with E-state index in [-0.39, 0.29) is 18.8 Å². The summed E-state index contributed by atoms with van der Waals surface area (Å²) in [7, 11) is 0. The van der Waals surface area contributed by atoms with Crippen molar-refractivity contribution >= 4 is 29.7 Å². The molecular formula is C22H37N7O7. The third-order valence-electron chi connectivity index (χ3n) is 5.74. The third kappa shape index (κ3) is 10.4. The molecule has 0 saturated heterocycles. The Morgan fingerprint density at radius 2 is 1.61 bits per heavy atom. The molecule has 202 valence electrons. The molecule has 0 aliphatic heterocycles. The summed E-state index contributed by atoms with van der Waals surface area (Å²) in [5, 5.41) is 25.9. The molecule has 14 nitrogen and oxygen atoms in total. The zero-order chi connectivity index (χ0) is 27.3. The van der Waals surface area contributed by atoms with Crippen molar-refractivity contribution in [1.82, 2.24) is 25.9 Å². The fourth-order valence-electron chi connectivity index (χ4n) is 3.29. The Kier molecular flexibility index (Phi) is 13.1. The van der Waals surface area contributed by atoms with Gasteiger partial charge >= 0.3 is 11.9 Å². The highest BCUT2D eigenvalue weighted by molar-refractivity contribution is 5.95. The number of hydrogen-bond acceptors (Lipinski definition) is 8. The highest BCUT2D eigenvalue weighted by atomic mass is 16.4. The zero-order valence-corrected chi connectivity index (χ0v) is 20.5. The van der Waals surface area contributed by atoms with Gasteiger partial charge in [0, 0.05) is 18.3 Å². The molecule has 1 aromatic heterocycles. The molecule has 0 aliphatic rings. The lowest BCUT2D eigenvalue weighted by atomic mass is 9.98. The number of nitrogens with zero attached hydrogens (tertiary/aromatic N) is 1. The van der Waals surface area contributed by atoms with E-state index < -0.39 is 60.2 Å². The highest BCUT2D eigenvalue weighted by Gasteiger charge is 2.32. The molecule has 5 unspecified atom stereocenters. The lowest BCUT2D eigenvalue weighted by Gasteiger charge is -2.25. The van der Waals surface area contributed by atoms with Crippen LogP contribution in [0, 0.1) is 5.92 Å². The normalized spacial score (nSPS) is 15.1. The molecule has 0 saturated carbocycles. The molecule has 10 N–H and O–H groups in total. The quantitative estimate of drug-likeness (QED) is 0.112. The van der Waals surface area contributed by atoms with Gasteiger partial charge in [0.1, 0.15) is 18.1 Å². The number of nitrogens with two attached hydrogens (primary N) is 2. The van der Waals surface area contributed by atoms with E-state index in [1.54, 1.807) is 6.92 Å². The maximum Gasteiger partial charge on any atom is 0.326 e. The molecule has 0 fully saturated rings. The van der Waals surface area contributed by atoms with Crippen molar-refractivity contribution in [3.63, 3.8) is 0 Å². The summed E-state index contributed by atoms with van der Waals surface area (Å²) in [5.74, 6) is -5.24. The largest absolute Gasteiger partial charge is 0.481 e. The summed E-state index contributed by atoms with van der Waals surface area (Å²) < 4.78 is 0. The number of imidazole rings is 1. The van der Waals surface area contributed by atoms with Gasteiger partial charge in [-0.05, 0) is 31.7 Å². The molecule has 5 atom stereocenters. The maximum absolute atomic E-state index is 13.0. The number of rotatable bonds is 17. The van der Waals surface area contributed by atoms with Gasteiger partial charge in [0.15, 0.2) is 0 Å². The van der Waals surface area contributed by atoms with Crippen molar-refractivity contribution in [3.05, 3.63) is 18.2 Å². The predicted molar refractivity (Wildman–Crippen MR) is 128 cm³/mol. The number of carbonyl (C=O) groups excluding carboxylic acids is 3. The van der Waals surface area contributed by atoms with Gasteiger partial charge in [-0.2, -0.15) is 0 Å². The fraction of sp³-hybridized carbons (Fsp3) is 0.636. The Bertz CT molecular complexity index is 878. The van der Waals surface area contributed by atoms with Crippen molar-refractivity contribution in [1.29, 1.82) is 0 Å². The number of unbranched alkanes of at least 4 members (excludes halogenated alkanes) is 1. The Morgan fingerprint density at radius 3 is 2.14 bits per heavy atom. The number of amides is 3. The Hall–Kier alpha value is -3.52. The number of hydrogen-bond donors (Lipinski definition) is 8. The average Bonchev–Trinajstić information content (AvgIpc) is 3.34. The second-order valence-electron chi connectivity index (χ2n) is 8.60. The van der Waals surface area contributed by atoms with Gasteiger partial charge in [-0.15, -0.1) is 0 Å². The average molecular weight is 512 g/mol. The summed E-state index contributed by atoms with van der Waals surface area (Å²) in [6.07, 6.45) is 3.67. The second kappa shape index (κ2) is 15.5. The fourth-order valence-corrected chi connectivity index (χ4v) is 3.29. The van der Waals surface area contributed by atoms with Crippen LogP contribution in [0.1, 0.15) is 51.6 Å². The van der Waals surface area contributed by atoms with Gasteiger partial charge in [0.25, 0.3) is 0 Å². The SMILES string of the molecule is CCC(C)C(N)C(=O)NC(CCCCN)C(=O)NC(CC(=O)O)C(=O)NC(Cc1cnc[nH]1)C(=O)O. The van der Waals surface area contributed by atoms with E-state index in [0.717, 1.165) is 0 Å². The number of aromatic amines is 1. The molecule has 14 heteroatoms. The van der Waals surface area contributed by atoms with E-state index in [2.05, 4.69) is 25.9 Å². The van der Waals surface area contributed by atoms with E-state index in [9.17, 15) is 34.2 Å². The highest BCUT2D eigenvalue weighted by Crippen LogP contribution is 2.08. The standard InChI is InChI=1S/C22H37N7O7/c1-3-12(2)18(24)21(34)27-14(6-4-5-7-23)19(32)28-15(9-17(30)31)20(33)29-16(22(35)36)8-13-10-25-11-26-13/h10-12,14-16,18H,3-9,23-24H2,1-2H3,(H,25,26)(H,27,34)(H,28,32)(H,29,33)(H,30,31)(H,35,36). The lowest BCUT2D eigenvalue weighted by Crippen LogP contribution is -2.58. The van der Waals surface area contributed by atoms with E-state index in [0.29, 0.717) is 31.5 Å². The summed E-state index contributed by atoms with van der Waals surface area (Å²) >= 11 is 0. The number of carbonyl (C=O) groups is 5. The smallest absolute Gasteiger partial charge is 0.326 e. The van der Waals surface area contributed by atoms with Crippen molar-refractivity contribution in [2.24, 2.45) is 17.4 Å². The first kappa shape index (κ1) is 30.5. The van der Waals surface area contributed by atoms with E-state index >= 15 is 0 Å². The Balaban J connectivity index is 3.00. The van der Waals surface area contributed by atoms with E-state index in [4.69, 9.17) is 11.5 Å². The van der Waals surface area contributed by atoms with Crippen LogP contribution in [-0.2, 0) is 30.4 Å². The topological polar surface area (TPSA) is 243 Å². The van der Waals surface area contributed by atoms with Gasteiger partial charge in [0.2, 0.25) is 17.7 Å². The van der Waals surface area contributed by atoms with Gasteiger partial charge in [-0.1, -0.05) is 20.3 Å². The minimum atomic E-state index is -1.59. The molecule has 3 amide bonds. The van der Waals surface area contributed by atoms with Crippen LogP contribution in [0.2, 0.25) is 0 Å². The number of H-pyrrole nitrogens is 1. The van der Waals surface area contributed by atoms with Crippen LogP contribution in [0.5, 0.6) is 0 Å². The van der Waals surface area contributed by atoms with Gasteiger partial charge in [0.05, 0.1) is 18.8 Å². The maximum atomic E-state index is 13.0. The molecule has 1 aromatic rings. The monoisotopic (exact) mass is 511 g/mol.